The number of rotatable bonds is 0. The number of aromatic nitrogens is 1. The van der Waals surface area contributed by atoms with Gasteiger partial charge in [0, 0.05) is 26.7 Å². The molecule has 19 heavy (non-hydrogen) atoms. The minimum atomic E-state index is 0.0715. The van der Waals surface area contributed by atoms with Gasteiger partial charge in [0.15, 0.2) is 0 Å². The van der Waals surface area contributed by atoms with Gasteiger partial charge in [-0.15, -0.1) is 0 Å². The summed E-state index contributed by atoms with van der Waals surface area (Å²) in [6.45, 7) is 4.61. The standard InChI is InChI=1S/C17H14BrN/c1-17(2)13-5-3-4-6-14(13)19-15-10-12(18)8-7-11(15)9-16(17)19/h3-10H,1-2H3. The van der Waals surface area contributed by atoms with Crippen molar-refractivity contribution < 1.29 is 0 Å². The molecule has 2 aromatic carbocycles. The molecule has 0 aliphatic carbocycles. The van der Waals surface area contributed by atoms with Crippen molar-refractivity contribution in [2.24, 2.45) is 0 Å². The molecule has 0 unspecified atom stereocenters. The summed E-state index contributed by atoms with van der Waals surface area (Å²) >= 11 is 3.58. The first-order valence-corrected chi connectivity index (χ1v) is 7.30. The molecule has 1 nitrogen and oxygen atoms in total. The molecule has 0 bridgehead atoms. The van der Waals surface area contributed by atoms with Crippen LogP contribution in [0, 0.1) is 0 Å². The average molecular weight is 312 g/mol. The predicted molar refractivity (Wildman–Crippen MR) is 83.1 cm³/mol. The van der Waals surface area contributed by atoms with Crippen LogP contribution in [0.25, 0.3) is 16.6 Å². The molecule has 0 spiro atoms. The lowest BCUT2D eigenvalue weighted by atomic mass is 9.83. The number of fused-ring (bicyclic) bond motifs is 5. The van der Waals surface area contributed by atoms with Crippen LogP contribution in [0.2, 0.25) is 0 Å². The van der Waals surface area contributed by atoms with Crippen LogP contribution in [0.15, 0.2) is 53.0 Å². The lowest BCUT2D eigenvalue weighted by molar-refractivity contribution is 0.645. The smallest absolute Gasteiger partial charge is 0.0543 e. The quantitative estimate of drug-likeness (QED) is 0.548. The number of nitrogens with zero attached hydrogens (tertiary/aromatic N) is 1. The van der Waals surface area contributed by atoms with E-state index in [-0.39, 0.29) is 5.41 Å². The van der Waals surface area contributed by atoms with Crippen molar-refractivity contribution in [2.75, 3.05) is 0 Å². The molecule has 0 saturated carbocycles. The van der Waals surface area contributed by atoms with Gasteiger partial charge in [-0.3, -0.25) is 0 Å². The number of hydrogen-bond acceptors (Lipinski definition) is 0. The summed E-state index contributed by atoms with van der Waals surface area (Å²) in [5.41, 5.74) is 5.45. The third-order valence-electron chi connectivity index (χ3n) is 4.23. The fraction of sp³-hybridized carbons (Fsp3) is 0.176. The van der Waals surface area contributed by atoms with Crippen molar-refractivity contribution in [2.45, 2.75) is 19.3 Å². The van der Waals surface area contributed by atoms with Crippen LogP contribution in [0.1, 0.15) is 25.1 Å². The molecule has 0 saturated heterocycles. The Bertz CT molecular complexity index is 811. The van der Waals surface area contributed by atoms with Crippen molar-refractivity contribution in [1.29, 1.82) is 0 Å². The molecule has 1 aromatic heterocycles. The molecule has 0 atom stereocenters. The predicted octanol–water partition coefficient (Wildman–Crippen LogP) is 5.03. The number of benzene rings is 2. The van der Waals surface area contributed by atoms with E-state index in [1.165, 1.54) is 27.8 Å². The third kappa shape index (κ3) is 1.35. The van der Waals surface area contributed by atoms with Gasteiger partial charge < -0.3 is 4.57 Å². The Hall–Kier alpha value is -1.54. The second-order valence-electron chi connectivity index (χ2n) is 5.71. The van der Waals surface area contributed by atoms with E-state index in [0.29, 0.717) is 0 Å². The minimum absolute atomic E-state index is 0.0715. The van der Waals surface area contributed by atoms with E-state index in [0.717, 1.165) is 4.47 Å². The maximum Gasteiger partial charge on any atom is 0.0543 e. The monoisotopic (exact) mass is 311 g/mol. The van der Waals surface area contributed by atoms with Gasteiger partial charge in [0.2, 0.25) is 0 Å². The van der Waals surface area contributed by atoms with Crippen LogP contribution in [0.4, 0.5) is 0 Å². The Morgan fingerprint density at radius 1 is 1.00 bits per heavy atom. The van der Waals surface area contributed by atoms with Crippen LogP contribution in [-0.2, 0) is 5.41 Å². The Kier molecular flexibility index (Phi) is 2.09. The molecule has 0 amide bonds. The summed E-state index contributed by atoms with van der Waals surface area (Å²) < 4.78 is 3.53. The van der Waals surface area contributed by atoms with Crippen molar-refractivity contribution in [1.82, 2.24) is 4.57 Å². The highest BCUT2D eigenvalue weighted by atomic mass is 79.9. The van der Waals surface area contributed by atoms with Gasteiger partial charge in [0.1, 0.15) is 0 Å². The molecule has 0 fully saturated rings. The van der Waals surface area contributed by atoms with Crippen LogP contribution in [-0.4, -0.2) is 4.57 Å². The zero-order valence-corrected chi connectivity index (χ0v) is 12.5. The first-order chi connectivity index (χ1) is 9.09. The summed E-state index contributed by atoms with van der Waals surface area (Å²) in [6, 6.07) is 17.5. The van der Waals surface area contributed by atoms with E-state index in [9.17, 15) is 0 Å². The lowest BCUT2D eigenvalue weighted by Gasteiger charge is -2.18. The van der Waals surface area contributed by atoms with Crippen molar-refractivity contribution in [3.63, 3.8) is 0 Å². The summed E-state index contributed by atoms with van der Waals surface area (Å²) in [5, 5.41) is 1.31. The third-order valence-corrected chi connectivity index (χ3v) is 4.72. The van der Waals surface area contributed by atoms with Gasteiger partial charge in [0.05, 0.1) is 5.52 Å². The molecule has 2 heterocycles. The lowest BCUT2D eigenvalue weighted by Crippen LogP contribution is -2.14. The van der Waals surface area contributed by atoms with Gasteiger partial charge in [-0.05, 0) is 29.8 Å². The first-order valence-electron chi connectivity index (χ1n) is 6.50. The summed E-state index contributed by atoms with van der Waals surface area (Å²) in [6.07, 6.45) is 0. The molecule has 0 N–H and O–H groups in total. The summed E-state index contributed by atoms with van der Waals surface area (Å²) in [4.78, 5) is 0. The fourth-order valence-electron chi connectivity index (χ4n) is 3.23. The largest absolute Gasteiger partial charge is 0.312 e. The molecule has 1 aliphatic rings. The Labute approximate surface area is 121 Å². The molecular weight excluding hydrogens is 298 g/mol. The molecule has 3 aromatic rings. The van der Waals surface area contributed by atoms with Crippen molar-refractivity contribution in [3.8, 4) is 5.69 Å². The Morgan fingerprint density at radius 3 is 2.63 bits per heavy atom. The second kappa shape index (κ2) is 3.51. The highest BCUT2D eigenvalue weighted by Crippen LogP contribution is 2.45. The Balaban J connectivity index is 2.20. The molecular formula is C17H14BrN. The van der Waals surface area contributed by atoms with Gasteiger partial charge in [-0.1, -0.05) is 54.0 Å². The number of halogens is 1. The van der Waals surface area contributed by atoms with Crippen LogP contribution in [0.3, 0.4) is 0 Å². The zero-order valence-electron chi connectivity index (χ0n) is 10.9. The van der Waals surface area contributed by atoms with Crippen molar-refractivity contribution in [3.05, 3.63) is 64.3 Å². The second-order valence-corrected chi connectivity index (χ2v) is 6.63. The van der Waals surface area contributed by atoms with Gasteiger partial charge in [-0.2, -0.15) is 0 Å². The average Bonchev–Trinajstić information content (AvgIpc) is 2.86. The van der Waals surface area contributed by atoms with Gasteiger partial charge >= 0.3 is 0 Å². The van der Waals surface area contributed by atoms with E-state index in [1.807, 2.05) is 0 Å². The molecule has 2 heteroatoms. The molecule has 0 radical (unpaired) electrons. The summed E-state index contributed by atoms with van der Waals surface area (Å²) in [7, 11) is 0. The topological polar surface area (TPSA) is 4.93 Å². The highest BCUT2D eigenvalue weighted by Gasteiger charge is 2.36. The van der Waals surface area contributed by atoms with E-state index < -0.39 is 0 Å². The molecule has 94 valence electrons. The van der Waals surface area contributed by atoms with Gasteiger partial charge in [0.25, 0.3) is 0 Å². The molecule has 4 rings (SSSR count). The van der Waals surface area contributed by atoms with Crippen LogP contribution < -0.4 is 0 Å². The zero-order chi connectivity index (χ0) is 13.2. The van der Waals surface area contributed by atoms with Gasteiger partial charge in [-0.25, -0.2) is 0 Å². The number of hydrogen-bond donors (Lipinski definition) is 0. The van der Waals surface area contributed by atoms with E-state index in [1.54, 1.807) is 0 Å². The first kappa shape index (κ1) is 11.3. The Morgan fingerprint density at radius 2 is 1.79 bits per heavy atom. The van der Waals surface area contributed by atoms with Crippen LogP contribution in [0.5, 0.6) is 0 Å². The maximum absolute atomic E-state index is 3.58. The highest BCUT2D eigenvalue weighted by molar-refractivity contribution is 9.10. The van der Waals surface area contributed by atoms with Crippen molar-refractivity contribution >= 4 is 26.8 Å². The number of para-hydroxylation sites is 1. The van der Waals surface area contributed by atoms with Crippen LogP contribution >= 0.6 is 15.9 Å². The summed E-state index contributed by atoms with van der Waals surface area (Å²) in [5.74, 6) is 0. The van der Waals surface area contributed by atoms with E-state index in [4.69, 9.17) is 0 Å². The van der Waals surface area contributed by atoms with E-state index >= 15 is 0 Å². The fourth-order valence-corrected chi connectivity index (χ4v) is 3.58. The maximum atomic E-state index is 3.58. The molecule has 1 aliphatic heterocycles. The minimum Gasteiger partial charge on any atom is -0.312 e. The van der Waals surface area contributed by atoms with E-state index in [2.05, 4.69) is 82.9 Å². The SMILES string of the molecule is CC1(C)c2ccccc2-n2c1cc1ccc(Br)cc12. The normalized spacial score (nSPS) is 15.5.